The van der Waals surface area contributed by atoms with E-state index in [2.05, 4.69) is 20.8 Å². The fourth-order valence-corrected chi connectivity index (χ4v) is 8.87. The Bertz CT molecular complexity index is 647. The Balaban J connectivity index is 1.72. The first-order valence-corrected chi connectivity index (χ1v) is 11.5. The molecule has 0 aromatic carbocycles. The van der Waals surface area contributed by atoms with E-state index in [-0.39, 0.29) is 40.8 Å². The summed E-state index contributed by atoms with van der Waals surface area (Å²) in [5.41, 5.74) is -0.347. The number of aliphatic hydroxyl groups excluding tert-OH is 2. The van der Waals surface area contributed by atoms with Crippen molar-refractivity contribution in [2.45, 2.75) is 98.2 Å². The van der Waals surface area contributed by atoms with Crippen LogP contribution in [0, 0.1) is 39.4 Å². The first kappa shape index (κ1) is 20.7. The van der Waals surface area contributed by atoms with Gasteiger partial charge in [0.25, 0.3) is 0 Å². The lowest BCUT2D eigenvalue weighted by molar-refractivity contribution is -0.196. The van der Waals surface area contributed by atoms with Gasteiger partial charge in [0.15, 0.2) is 0 Å². The zero-order chi connectivity index (χ0) is 20.5. The Morgan fingerprint density at radius 2 is 1.75 bits per heavy atom. The van der Waals surface area contributed by atoms with Crippen molar-refractivity contribution in [2.24, 2.45) is 39.4 Å². The molecule has 0 radical (unpaired) electrons. The van der Waals surface area contributed by atoms with Crippen LogP contribution in [0.25, 0.3) is 0 Å². The highest BCUT2D eigenvalue weighted by atomic mass is 16.5. The summed E-state index contributed by atoms with van der Waals surface area (Å²) in [7, 11) is 0. The minimum Gasteiger partial charge on any atom is -0.463 e. The third-order valence-electron chi connectivity index (χ3n) is 9.94. The molecule has 0 saturated heterocycles. The summed E-state index contributed by atoms with van der Waals surface area (Å²) in [4.78, 5) is 13.2. The highest BCUT2D eigenvalue weighted by Crippen LogP contribution is 2.75. The SMILES string of the molecule is CC(C)OC(=O)[C@]1(C)CCC[C@@]2(C)[C@@H]3CC[C@@]4(C)C[C@]3(CC[C@@H]21)[C@H](CO)[C@H]4O. The maximum absolute atomic E-state index is 13.2. The zero-order valence-electron chi connectivity index (χ0n) is 18.5. The molecule has 28 heavy (non-hydrogen) atoms. The van der Waals surface area contributed by atoms with Crippen LogP contribution in [0.3, 0.4) is 0 Å². The molecule has 4 nitrogen and oxygen atoms in total. The number of fused-ring (bicyclic) bond motifs is 3. The third kappa shape index (κ3) is 2.52. The summed E-state index contributed by atoms with van der Waals surface area (Å²) in [5, 5.41) is 21.4. The van der Waals surface area contributed by atoms with Crippen molar-refractivity contribution in [2.75, 3.05) is 6.61 Å². The number of hydrogen-bond acceptors (Lipinski definition) is 4. The van der Waals surface area contributed by atoms with Gasteiger partial charge in [0.05, 0.1) is 17.6 Å². The molecule has 0 aromatic heterocycles. The lowest BCUT2D eigenvalue weighted by Crippen LogP contribution is -2.60. The Morgan fingerprint density at radius 3 is 2.39 bits per heavy atom. The molecule has 4 aliphatic carbocycles. The van der Waals surface area contributed by atoms with E-state index in [9.17, 15) is 15.0 Å². The van der Waals surface area contributed by atoms with Crippen molar-refractivity contribution in [1.82, 2.24) is 0 Å². The molecule has 0 heterocycles. The molecule has 4 aliphatic rings. The molecular weight excluding hydrogens is 352 g/mol. The maximum Gasteiger partial charge on any atom is 0.312 e. The molecule has 2 bridgehead atoms. The molecule has 0 aromatic rings. The van der Waals surface area contributed by atoms with Crippen LogP contribution in [-0.4, -0.2) is 35.0 Å². The number of hydrogen-bond donors (Lipinski definition) is 2. The fourth-order valence-electron chi connectivity index (χ4n) is 8.87. The summed E-state index contributed by atoms with van der Waals surface area (Å²) in [5.74, 6) is 0.781. The number of ether oxygens (including phenoxy) is 1. The Morgan fingerprint density at radius 1 is 1.07 bits per heavy atom. The number of rotatable bonds is 3. The molecule has 0 amide bonds. The van der Waals surface area contributed by atoms with E-state index >= 15 is 0 Å². The van der Waals surface area contributed by atoms with Crippen molar-refractivity contribution in [3.63, 3.8) is 0 Å². The van der Waals surface area contributed by atoms with E-state index in [1.54, 1.807) is 0 Å². The van der Waals surface area contributed by atoms with Gasteiger partial charge < -0.3 is 14.9 Å². The van der Waals surface area contributed by atoms with Crippen LogP contribution < -0.4 is 0 Å². The van der Waals surface area contributed by atoms with Gasteiger partial charge in [-0.3, -0.25) is 4.79 Å². The van der Waals surface area contributed by atoms with E-state index in [1.807, 2.05) is 13.8 Å². The zero-order valence-corrected chi connectivity index (χ0v) is 18.5. The summed E-state index contributed by atoms with van der Waals surface area (Å²) in [6.45, 7) is 10.8. The van der Waals surface area contributed by atoms with Gasteiger partial charge in [-0.2, -0.15) is 0 Å². The molecule has 160 valence electrons. The Labute approximate surface area is 170 Å². The highest BCUT2D eigenvalue weighted by molar-refractivity contribution is 5.77. The van der Waals surface area contributed by atoms with Crippen LogP contribution in [0.5, 0.6) is 0 Å². The number of carbonyl (C=O) groups is 1. The summed E-state index contributed by atoms with van der Waals surface area (Å²) in [6, 6.07) is 0. The maximum atomic E-state index is 13.2. The van der Waals surface area contributed by atoms with Gasteiger partial charge in [0.2, 0.25) is 0 Å². The molecule has 2 N–H and O–H groups in total. The van der Waals surface area contributed by atoms with Crippen LogP contribution in [0.2, 0.25) is 0 Å². The van der Waals surface area contributed by atoms with Gasteiger partial charge in [0, 0.05) is 12.5 Å². The van der Waals surface area contributed by atoms with Gasteiger partial charge in [-0.1, -0.05) is 20.3 Å². The molecule has 8 atom stereocenters. The quantitative estimate of drug-likeness (QED) is 0.702. The van der Waals surface area contributed by atoms with Crippen LogP contribution >= 0.6 is 0 Å². The number of aliphatic hydroxyl groups is 2. The minimum atomic E-state index is -0.411. The van der Waals surface area contributed by atoms with Gasteiger partial charge in [0.1, 0.15) is 0 Å². The predicted octanol–water partition coefficient (Wildman–Crippen LogP) is 4.32. The van der Waals surface area contributed by atoms with Gasteiger partial charge >= 0.3 is 5.97 Å². The van der Waals surface area contributed by atoms with Crippen molar-refractivity contribution in [3.05, 3.63) is 0 Å². The first-order chi connectivity index (χ1) is 13.0. The highest BCUT2D eigenvalue weighted by Gasteiger charge is 2.71. The second-order valence-corrected chi connectivity index (χ2v) is 11.7. The monoisotopic (exact) mass is 392 g/mol. The van der Waals surface area contributed by atoms with E-state index in [4.69, 9.17) is 4.74 Å². The van der Waals surface area contributed by atoms with Crippen LogP contribution in [0.4, 0.5) is 0 Å². The van der Waals surface area contributed by atoms with E-state index in [0.717, 1.165) is 51.4 Å². The third-order valence-corrected chi connectivity index (χ3v) is 9.94. The van der Waals surface area contributed by atoms with Crippen molar-refractivity contribution in [1.29, 1.82) is 0 Å². The second kappa shape index (κ2) is 6.44. The molecular formula is C24H40O4. The molecule has 4 saturated carbocycles. The summed E-state index contributed by atoms with van der Waals surface area (Å²) < 4.78 is 5.74. The van der Waals surface area contributed by atoms with E-state index < -0.39 is 11.5 Å². The largest absolute Gasteiger partial charge is 0.463 e. The van der Waals surface area contributed by atoms with Gasteiger partial charge in [-0.05, 0) is 93.8 Å². The van der Waals surface area contributed by atoms with Crippen molar-refractivity contribution in [3.8, 4) is 0 Å². The number of esters is 1. The second-order valence-electron chi connectivity index (χ2n) is 11.7. The van der Waals surface area contributed by atoms with Crippen molar-refractivity contribution < 1.29 is 19.7 Å². The predicted molar refractivity (Wildman–Crippen MR) is 108 cm³/mol. The number of carbonyl (C=O) groups excluding carboxylic acids is 1. The molecule has 0 unspecified atom stereocenters. The van der Waals surface area contributed by atoms with Gasteiger partial charge in [-0.15, -0.1) is 0 Å². The summed E-state index contributed by atoms with van der Waals surface area (Å²) >= 11 is 0. The van der Waals surface area contributed by atoms with Gasteiger partial charge in [-0.25, -0.2) is 0 Å². The van der Waals surface area contributed by atoms with Crippen LogP contribution in [0.1, 0.15) is 86.0 Å². The Kier molecular flexibility index (Phi) is 4.75. The standard InChI is InChI=1S/C24H40O4/c1-15(2)28-20(27)23(5)10-6-9-22(4)17(23)8-12-24-14-21(3,11-7-18(22)24)19(26)16(24)13-25/h15-19,25-26H,6-14H2,1-5H3/t16-,17+,18+,19-,21+,22-,23-,24-/m1/s1. The lowest BCUT2D eigenvalue weighted by atomic mass is 9.39. The van der Waals surface area contributed by atoms with Crippen LogP contribution in [-0.2, 0) is 9.53 Å². The topological polar surface area (TPSA) is 66.8 Å². The average Bonchev–Trinajstić information content (AvgIpc) is 2.75. The summed E-state index contributed by atoms with van der Waals surface area (Å²) in [6.07, 6.45) is 7.88. The smallest absolute Gasteiger partial charge is 0.312 e. The normalized spacial score (nSPS) is 52.9. The average molecular weight is 393 g/mol. The lowest BCUT2D eigenvalue weighted by Gasteiger charge is -2.65. The fraction of sp³-hybridized carbons (Fsp3) is 0.958. The molecule has 1 spiro atoms. The first-order valence-electron chi connectivity index (χ1n) is 11.5. The van der Waals surface area contributed by atoms with E-state index in [0.29, 0.717) is 11.8 Å². The van der Waals surface area contributed by atoms with Crippen LogP contribution in [0.15, 0.2) is 0 Å². The molecule has 4 rings (SSSR count). The molecule has 4 heteroatoms. The minimum absolute atomic E-state index is 0.0137. The Hall–Kier alpha value is -0.610. The van der Waals surface area contributed by atoms with E-state index in [1.165, 1.54) is 0 Å². The van der Waals surface area contributed by atoms with Crippen molar-refractivity contribution >= 4 is 5.97 Å². The molecule has 4 fully saturated rings. The molecule has 0 aliphatic heterocycles.